The van der Waals surface area contributed by atoms with Crippen LogP contribution in [-0.2, 0) is 13.6 Å². The van der Waals surface area contributed by atoms with Crippen LogP contribution in [0.1, 0.15) is 18.3 Å². The van der Waals surface area contributed by atoms with Crippen LogP contribution in [0.15, 0.2) is 30.6 Å². The molecule has 2 N–H and O–H groups in total. The fourth-order valence-electron chi connectivity index (χ4n) is 2.27. The molecule has 2 amide bonds. The maximum atomic E-state index is 12.5. The number of nitriles is 1. The molecule has 0 radical (unpaired) electrons. The van der Waals surface area contributed by atoms with Crippen molar-refractivity contribution in [3.05, 3.63) is 42.0 Å². The predicted octanol–water partition coefficient (Wildman–Crippen LogP) is 1.72. The summed E-state index contributed by atoms with van der Waals surface area (Å²) in [5, 5.41) is 21.2. The Balaban J connectivity index is 2.12. The molecule has 2 rings (SSSR count). The minimum Gasteiger partial charge on any atom is -0.492 e. The summed E-state index contributed by atoms with van der Waals surface area (Å²) >= 11 is 0. The summed E-state index contributed by atoms with van der Waals surface area (Å²) in [6, 6.07) is 6.54. The highest BCUT2D eigenvalue weighted by Crippen LogP contribution is 2.22. The van der Waals surface area contributed by atoms with Gasteiger partial charge in [0.05, 0.1) is 25.3 Å². The van der Waals surface area contributed by atoms with Crippen molar-refractivity contribution < 1.29 is 14.6 Å². The Morgan fingerprint density at radius 1 is 1.52 bits per heavy atom. The molecule has 1 aromatic carbocycles. The van der Waals surface area contributed by atoms with Crippen LogP contribution in [0.3, 0.4) is 0 Å². The molecule has 2 aromatic rings. The third kappa shape index (κ3) is 4.71. The first-order valence-corrected chi connectivity index (χ1v) is 7.89. The van der Waals surface area contributed by atoms with Gasteiger partial charge in [-0.25, -0.2) is 9.78 Å². The van der Waals surface area contributed by atoms with Gasteiger partial charge in [0.15, 0.2) is 0 Å². The second kappa shape index (κ2) is 8.70. The number of aliphatic hydroxyl groups excluding tert-OH is 1. The number of nitrogens with one attached hydrogen (secondary N) is 1. The van der Waals surface area contributed by atoms with Crippen LogP contribution < -0.4 is 10.1 Å². The van der Waals surface area contributed by atoms with Gasteiger partial charge < -0.3 is 24.6 Å². The zero-order valence-corrected chi connectivity index (χ0v) is 14.3. The number of imidazole rings is 1. The number of hydrogen-bond donors (Lipinski definition) is 2. The van der Waals surface area contributed by atoms with E-state index < -0.39 is 0 Å². The van der Waals surface area contributed by atoms with Crippen molar-refractivity contribution in [1.82, 2.24) is 14.5 Å². The molecule has 0 saturated carbocycles. The van der Waals surface area contributed by atoms with Gasteiger partial charge in [-0.1, -0.05) is 0 Å². The SMILES string of the molecule is CCOc1ccc(NC(=O)N(CCO)Cc2nccn2C)cc1C#N. The predicted molar refractivity (Wildman–Crippen MR) is 92.0 cm³/mol. The molecule has 0 fully saturated rings. The third-order valence-corrected chi connectivity index (χ3v) is 3.56. The molecular formula is C17H21N5O3. The number of aliphatic hydroxyl groups is 1. The number of rotatable bonds is 7. The molecule has 1 aromatic heterocycles. The zero-order valence-electron chi connectivity index (χ0n) is 14.3. The third-order valence-electron chi connectivity index (χ3n) is 3.56. The molecule has 0 spiro atoms. The molecule has 0 atom stereocenters. The van der Waals surface area contributed by atoms with E-state index in [1.165, 1.54) is 4.90 Å². The highest BCUT2D eigenvalue weighted by atomic mass is 16.5. The number of carbonyl (C=O) groups excluding carboxylic acids is 1. The molecular weight excluding hydrogens is 322 g/mol. The molecule has 0 unspecified atom stereocenters. The zero-order chi connectivity index (χ0) is 18.2. The molecule has 0 bridgehead atoms. The number of hydrogen-bond acceptors (Lipinski definition) is 5. The first-order chi connectivity index (χ1) is 12.1. The molecule has 1 heterocycles. The van der Waals surface area contributed by atoms with E-state index in [0.717, 1.165) is 0 Å². The number of aromatic nitrogens is 2. The van der Waals surface area contributed by atoms with Gasteiger partial charge in [-0.05, 0) is 25.1 Å². The smallest absolute Gasteiger partial charge is 0.322 e. The van der Waals surface area contributed by atoms with E-state index in [1.807, 2.05) is 24.6 Å². The Kier molecular flexibility index (Phi) is 6.37. The summed E-state index contributed by atoms with van der Waals surface area (Å²) in [4.78, 5) is 18.1. The van der Waals surface area contributed by atoms with Crippen LogP contribution in [0.5, 0.6) is 5.75 Å². The van der Waals surface area contributed by atoms with Crippen LogP contribution in [0.4, 0.5) is 10.5 Å². The number of nitrogens with zero attached hydrogens (tertiary/aromatic N) is 4. The van der Waals surface area contributed by atoms with Crippen LogP contribution in [0, 0.1) is 11.3 Å². The van der Waals surface area contributed by atoms with Crippen molar-refractivity contribution in [3.8, 4) is 11.8 Å². The van der Waals surface area contributed by atoms with Crippen molar-refractivity contribution in [3.63, 3.8) is 0 Å². The van der Waals surface area contributed by atoms with Crippen molar-refractivity contribution in [2.45, 2.75) is 13.5 Å². The van der Waals surface area contributed by atoms with Crippen LogP contribution in [-0.4, -0.2) is 45.3 Å². The molecule has 8 heteroatoms. The van der Waals surface area contributed by atoms with E-state index in [4.69, 9.17) is 4.74 Å². The minimum atomic E-state index is -0.384. The summed E-state index contributed by atoms with van der Waals surface area (Å²) in [5.74, 6) is 1.18. The summed E-state index contributed by atoms with van der Waals surface area (Å²) in [7, 11) is 1.84. The molecule has 25 heavy (non-hydrogen) atoms. The van der Waals surface area contributed by atoms with Gasteiger partial charge in [0.2, 0.25) is 0 Å². The molecule has 132 valence electrons. The van der Waals surface area contributed by atoms with Gasteiger partial charge in [0.25, 0.3) is 0 Å². The van der Waals surface area contributed by atoms with E-state index in [-0.39, 0.29) is 25.7 Å². The van der Waals surface area contributed by atoms with Gasteiger partial charge in [-0.2, -0.15) is 5.26 Å². The fraction of sp³-hybridized carbons (Fsp3) is 0.353. The van der Waals surface area contributed by atoms with Gasteiger partial charge in [0, 0.05) is 31.7 Å². The average molecular weight is 343 g/mol. The van der Waals surface area contributed by atoms with Crippen molar-refractivity contribution in [2.24, 2.45) is 7.05 Å². The van der Waals surface area contributed by atoms with Crippen molar-refractivity contribution >= 4 is 11.7 Å². The number of anilines is 1. The monoisotopic (exact) mass is 343 g/mol. The lowest BCUT2D eigenvalue weighted by molar-refractivity contribution is 0.183. The number of ether oxygens (including phenoxy) is 1. The second-order valence-corrected chi connectivity index (χ2v) is 5.29. The van der Waals surface area contributed by atoms with Gasteiger partial charge in [0.1, 0.15) is 17.6 Å². The number of amides is 2. The van der Waals surface area contributed by atoms with Crippen LogP contribution in [0.25, 0.3) is 0 Å². The van der Waals surface area contributed by atoms with Crippen molar-refractivity contribution in [2.75, 3.05) is 25.1 Å². The van der Waals surface area contributed by atoms with E-state index >= 15 is 0 Å². The Bertz CT molecular complexity index is 766. The van der Waals surface area contributed by atoms with E-state index in [2.05, 4.69) is 10.3 Å². The summed E-state index contributed by atoms with van der Waals surface area (Å²) in [6.07, 6.45) is 3.44. The Hall–Kier alpha value is -3.05. The normalized spacial score (nSPS) is 10.2. The van der Waals surface area contributed by atoms with Crippen LogP contribution >= 0.6 is 0 Å². The second-order valence-electron chi connectivity index (χ2n) is 5.29. The summed E-state index contributed by atoms with van der Waals surface area (Å²) in [5.41, 5.74) is 0.824. The Morgan fingerprint density at radius 3 is 2.92 bits per heavy atom. The number of aryl methyl sites for hydroxylation is 1. The number of urea groups is 1. The number of carbonyl (C=O) groups is 1. The standard InChI is InChI=1S/C17H21N5O3/c1-3-25-15-5-4-14(10-13(15)11-18)20-17(24)22(8-9-23)12-16-19-6-7-21(16)2/h4-7,10,23H,3,8-9,12H2,1-2H3,(H,20,24). The first-order valence-electron chi connectivity index (χ1n) is 7.89. The molecule has 0 aliphatic carbocycles. The van der Waals surface area contributed by atoms with Crippen LogP contribution in [0.2, 0.25) is 0 Å². The summed E-state index contributed by atoms with van der Waals surface area (Å²) < 4.78 is 7.18. The molecule has 0 aliphatic rings. The quantitative estimate of drug-likeness (QED) is 0.797. The van der Waals surface area contributed by atoms with Gasteiger partial charge >= 0.3 is 6.03 Å². The van der Waals surface area contributed by atoms with E-state index in [1.54, 1.807) is 30.6 Å². The maximum Gasteiger partial charge on any atom is 0.322 e. The Morgan fingerprint density at radius 2 is 2.32 bits per heavy atom. The minimum absolute atomic E-state index is 0.162. The lowest BCUT2D eigenvalue weighted by Crippen LogP contribution is -2.37. The first kappa shape index (κ1) is 18.3. The topological polar surface area (TPSA) is 103 Å². The lowest BCUT2D eigenvalue weighted by atomic mass is 10.2. The summed E-state index contributed by atoms with van der Waals surface area (Å²) in [6.45, 7) is 2.55. The average Bonchev–Trinajstić information content (AvgIpc) is 3.01. The van der Waals surface area contributed by atoms with Gasteiger partial charge in [-0.3, -0.25) is 0 Å². The molecule has 8 nitrogen and oxygen atoms in total. The molecule has 0 saturated heterocycles. The highest BCUT2D eigenvalue weighted by Gasteiger charge is 2.16. The largest absolute Gasteiger partial charge is 0.492 e. The van der Waals surface area contributed by atoms with E-state index in [0.29, 0.717) is 29.4 Å². The lowest BCUT2D eigenvalue weighted by Gasteiger charge is -2.22. The van der Waals surface area contributed by atoms with E-state index in [9.17, 15) is 15.2 Å². The Labute approximate surface area is 146 Å². The fourth-order valence-corrected chi connectivity index (χ4v) is 2.27. The molecule has 0 aliphatic heterocycles. The van der Waals surface area contributed by atoms with Crippen molar-refractivity contribution in [1.29, 1.82) is 5.26 Å². The number of benzene rings is 1. The highest BCUT2D eigenvalue weighted by molar-refractivity contribution is 5.89. The maximum absolute atomic E-state index is 12.5. The van der Waals surface area contributed by atoms with Gasteiger partial charge in [-0.15, -0.1) is 0 Å².